The van der Waals surface area contributed by atoms with E-state index in [-0.39, 0.29) is 58.8 Å². The number of likely N-dealkylation sites (N-methyl/N-ethyl adjacent to an activating group) is 1. The lowest BCUT2D eigenvalue weighted by molar-refractivity contribution is 0.0371. The van der Waals surface area contributed by atoms with Crippen molar-refractivity contribution in [1.29, 1.82) is 0 Å². The molecule has 12 heteroatoms. The van der Waals surface area contributed by atoms with Crippen LogP contribution in [0.5, 0.6) is 5.75 Å². The zero-order valence-corrected chi connectivity index (χ0v) is 25.7. The molecule has 10 nitrogen and oxygen atoms in total. The van der Waals surface area contributed by atoms with E-state index in [1.165, 1.54) is 23.1 Å². The number of carbonyl (C=O) groups excluding carboxylic acids is 2. The summed E-state index contributed by atoms with van der Waals surface area (Å²) in [5.41, 5.74) is 1.06. The van der Waals surface area contributed by atoms with E-state index in [0.717, 1.165) is 22.1 Å². The van der Waals surface area contributed by atoms with E-state index >= 15 is 0 Å². The average molecular weight is 623 g/mol. The number of sulfonamides is 1. The molecule has 0 saturated heterocycles. The quantitative estimate of drug-likeness (QED) is 0.251. The van der Waals surface area contributed by atoms with Gasteiger partial charge < -0.3 is 25.0 Å². The molecule has 4 aromatic rings. The van der Waals surface area contributed by atoms with Crippen LogP contribution in [-0.4, -0.2) is 74.2 Å². The number of benzene rings is 3. The van der Waals surface area contributed by atoms with E-state index < -0.39 is 22.2 Å². The minimum absolute atomic E-state index is 0.149. The molecule has 0 radical (unpaired) electrons. The van der Waals surface area contributed by atoms with E-state index in [2.05, 4.69) is 10.0 Å². The van der Waals surface area contributed by atoms with Gasteiger partial charge in [-0.1, -0.05) is 49.4 Å². The molecule has 0 spiro atoms. The molecule has 1 aliphatic heterocycles. The van der Waals surface area contributed by atoms with Crippen molar-refractivity contribution >= 4 is 55.4 Å². The maximum Gasteiger partial charge on any atom is 0.321 e. The standard InChI is InChI=1S/C31H34N4O6S2/c1-20-17-35(21(2)19-36)30(37)25-16-23(33-43(39,40)29-12-7-15-42-29)13-14-27(25)41-28(20)18-34(3)31(38)32-26-11-6-9-22-8-4-5-10-24(22)26/h4-16,20-21,28,33,36H,17-19H2,1-3H3,(H,32,38)/t20-,21-,28-/m1/s1. The first-order valence-electron chi connectivity index (χ1n) is 13.9. The van der Waals surface area contributed by atoms with Gasteiger partial charge in [0.1, 0.15) is 16.1 Å². The number of hydrogen-bond donors (Lipinski definition) is 3. The van der Waals surface area contributed by atoms with Gasteiger partial charge in [-0.05, 0) is 48.0 Å². The molecule has 0 bridgehead atoms. The maximum absolute atomic E-state index is 13.7. The van der Waals surface area contributed by atoms with Crippen molar-refractivity contribution < 1.29 is 27.9 Å². The topological polar surface area (TPSA) is 128 Å². The molecule has 3 N–H and O–H groups in total. The summed E-state index contributed by atoms with van der Waals surface area (Å²) in [6.45, 7) is 3.89. The van der Waals surface area contributed by atoms with Crippen molar-refractivity contribution in [2.45, 2.75) is 30.2 Å². The van der Waals surface area contributed by atoms with Gasteiger partial charge in [-0.15, -0.1) is 11.3 Å². The smallest absolute Gasteiger partial charge is 0.321 e. The molecular formula is C31H34N4O6S2. The largest absolute Gasteiger partial charge is 0.487 e. The number of carbonyl (C=O) groups is 2. The SMILES string of the molecule is C[C@@H]1CN([C@H](C)CO)C(=O)c2cc(NS(=O)(=O)c3cccs3)ccc2O[C@@H]1CN(C)C(=O)Nc1cccc2ccccc12. The molecule has 1 aliphatic rings. The molecule has 2 heterocycles. The Labute approximate surface area is 254 Å². The number of fused-ring (bicyclic) bond motifs is 2. The van der Waals surface area contributed by atoms with Crippen LogP contribution < -0.4 is 14.8 Å². The van der Waals surface area contributed by atoms with Crippen LogP contribution in [0.3, 0.4) is 0 Å². The number of nitrogens with zero attached hydrogens (tertiary/aromatic N) is 2. The fraction of sp³-hybridized carbons (Fsp3) is 0.290. The van der Waals surface area contributed by atoms with Crippen molar-refractivity contribution in [3.05, 3.63) is 83.7 Å². The Morgan fingerprint density at radius 1 is 1.14 bits per heavy atom. The van der Waals surface area contributed by atoms with Gasteiger partial charge in [-0.3, -0.25) is 9.52 Å². The molecule has 1 aromatic heterocycles. The highest BCUT2D eigenvalue weighted by Gasteiger charge is 2.34. The monoisotopic (exact) mass is 622 g/mol. The average Bonchev–Trinajstić information content (AvgIpc) is 3.55. The van der Waals surface area contributed by atoms with Crippen LogP contribution in [-0.2, 0) is 10.0 Å². The predicted molar refractivity (Wildman–Crippen MR) is 168 cm³/mol. The summed E-state index contributed by atoms with van der Waals surface area (Å²) in [5.74, 6) is -0.337. The van der Waals surface area contributed by atoms with Crippen LogP contribution >= 0.6 is 11.3 Å². The third-order valence-electron chi connectivity index (χ3n) is 7.51. The molecule has 3 aromatic carbocycles. The van der Waals surface area contributed by atoms with Gasteiger partial charge in [0.2, 0.25) is 0 Å². The second kappa shape index (κ2) is 12.6. The number of thiophene rings is 1. The van der Waals surface area contributed by atoms with Crippen LogP contribution in [0.15, 0.2) is 82.4 Å². The van der Waals surface area contributed by atoms with Crippen molar-refractivity contribution in [1.82, 2.24) is 9.80 Å². The summed E-state index contributed by atoms with van der Waals surface area (Å²) in [6.07, 6.45) is -0.517. The molecule has 43 heavy (non-hydrogen) atoms. The first kappa shape index (κ1) is 30.3. The second-order valence-corrected chi connectivity index (χ2v) is 13.6. The normalized spacial score (nSPS) is 17.8. The summed E-state index contributed by atoms with van der Waals surface area (Å²) in [5, 5.41) is 16.5. The second-order valence-electron chi connectivity index (χ2n) is 10.7. The van der Waals surface area contributed by atoms with Crippen LogP contribution in [0.4, 0.5) is 16.2 Å². The fourth-order valence-corrected chi connectivity index (χ4v) is 7.07. The summed E-state index contributed by atoms with van der Waals surface area (Å²) in [4.78, 5) is 30.1. The number of aliphatic hydroxyl groups is 1. The third kappa shape index (κ3) is 6.61. The van der Waals surface area contributed by atoms with Gasteiger partial charge in [-0.2, -0.15) is 0 Å². The number of hydrogen-bond acceptors (Lipinski definition) is 7. The summed E-state index contributed by atoms with van der Waals surface area (Å²) in [7, 11) is -2.16. The van der Waals surface area contributed by atoms with Crippen LogP contribution in [0.25, 0.3) is 10.8 Å². The first-order chi connectivity index (χ1) is 20.6. The maximum atomic E-state index is 13.7. The van der Waals surface area contributed by atoms with Crippen molar-refractivity contribution in [2.75, 3.05) is 36.8 Å². The van der Waals surface area contributed by atoms with Crippen molar-refractivity contribution in [3.63, 3.8) is 0 Å². The van der Waals surface area contributed by atoms with Crippen molar-refractivity contribution in [2.24, 2.45) is 5.92 Å². The fourth-order valence-electron chi connectivity index (χ4n) is 5.02. The number of aliphatic hydroxyl groups excluding tert-OH is 1. The molecule has 5 rings (SSSR count). The lowest BCUT2D eigenvalue weighted by Crippen LogP contribution is -2.50. The number of urea groups is 1. The van der Waals surface area contributed by atoms with E-state index in [0.29, 0.717) is 5.69 Å². The number of ether oxygens (including phenoxy) is 1. The summed E-state index contributed by atoms with van der Waals surface area (Å²) < 4.78 is 34.7. The number of nitrogens with one attached hydrogen (secondary N) is 2. The van der Waals surface area contributed by atoms with Gasteiger partial charge in [-0.25, -0.2) is 13.2 Å². The van der Waals surface area contributed by atoms with E-state index in [9.17, 15) is 23.1 Å². The van der Waals surface area contributed by atoms with Crippen LogP contribution in [0.1, 0.15) is 24.2 Å². The van der Waals surface area contributed by atoms with Gasteiger partial charge in [0.15, 0.2) is 0 Å². The lowest BCUT2D eigenvalue weighted by Gasteiger charge is -2.38. The van der Waals surface area contributed by atoms with E-state index in [1.807, 2.05) is 49.4 Å². The van der Waals surface area contributed by atoms with E-state index in [1.54, 1.807) is 36.4 Å². The highest BCUT2D eigenvalue weighted by molar-refractivity contribution is 7.94. The molecule has 0 saturated carbocycles. The Hall–Kier alpha value is -4.13. The molecule has 0 unspecified atom stereocenters. The lowest BCUT2D eigenvalue weighted by atomic mass is 9.99. The van der Waals surface area contributed by atoms with Gasteiger partial charge in [0, 0.05) is 30.6 Å². The van der Waals surface area contributed by atoms with Crippen molar-refractivity contribution in [3.8, 4) is 5.75 Å². The number of rotatable bonds is 8. The third-order valence-corrected chi connectivity index (χ3v) is 10.3. The summed E-state index contributed by atoms with van der Waals surface area (Å²) >= 11 is 1.09. The van der Waals surface area contributed by atoms with Crippen LogP contribution in [0, 0.1) is 5.92 Å². The minimum Gasteiger partial charge on any atom is -0.487 e. The number of amides is 3. The van der Waals surface area contributed by atoms with Gasteiger partial charge >= 0.3 is 6.03 Å². The molecule has 226 valence electrons. The van der Waals surface area contributed by atoms with E-state index in [4.69, 9.17) is 4.74 Å². The summed E-state index contributed by atoms with van der Waals surface area (Å²) in [6, 6.07) is 20.4. The Morgan fingerprint density at radius 3 is 2.65 bits per heavy atom. The van der Waals surface area contributed by atoms with Gasteiger partial charge in [0.05, 0.1) is 30.4 Å². The predicted octanol–water partition coefficient (Wildman–Crippen LogP) is 5.09. The Kier molecular flexibility index (Phi) is 8.90. The molecule has 3 amide bonds. The Morgan fingerprint density at radius 2 is 1.91 bits per heavy atom. The zero-order valence-electron chi connectivity index (χ0n) is 24.1. The molecule has 3 atom stereocenters. The minimum atomic E-state index is -3.84. The first-order valence-corrected chi connectivity index (χ1v) is 16.2. The zero-order chi connectivity index (χ0) is 30.7. The van der Waals surface area contributed by atoms with Gasteiger partial charge in [0.25, 0.3) is 15.9 Å². The Bertz CT molecular complexity index is 1720. The highest BCUT2D eigenvalue weighted by atomic mass is 32.2. The molecule has 0 fully saturated rings. The number of anilines is 2. The molecule has 0 aliphatic carbocycles. The highest BCUT2D eigenvalue weighted by Crippen LogP contribution is 2.32. The Balaban J connectivity index is 1.40. The van der Waals surface area contributed by atoms with Crippen LogP contribution in [0.2, 0.25) is 0 Å². The molecular weight excluding hydrogens is 588 g/mol.